The summed E-state index contributed by atoms with van der Waals surface area (Å²) < 4.78 is 2.01. The Hall–Kier alpha value is -2.63. The lowest BCUT2D eigenvalue weighted by Gasteiger charge is -2.35. The Morgan fingerprint density at radius 1 is 1.29 bits per heavy atom. The highest BCUT2D eigenvalue weighted by atomic mass is 16.2. The van der Waals surface area contributed by atoms with Crippen LogP contribution >= 0.6 is 0 Å². The first-order valence-corrected chi connectivity index (χ1v) is 8.21. The van der Waals surface area contributed by atoms with Gasteiger partial charge < -0.3 is 14.8 Å². The molecule has 6 heteroatoms. The van der Waals surface area contributed by atoms with Crippen LogP contribution in [-0.4, -0.2) is 32.8 Å². The zero-order valence-corrected chi connectivity index (χ0v) is 14.0. The molecular formula is C18H22N4O2. The van der Waals surface area contributed by atoms with Crippen molar-refractivity contribution in [1.82, 2.24) is 14.5 Å². The molecule has 24 heavy (non-hydrogen) atoms. The number of aryl methyl sites for hydroxylation is 2. The van der Waals surface area contributed by atoms with Crippen molar-refractivity contribution in [1.29, 1.82) is 0 Å². The molecule has 1 fully saturated rings. The number of piperidine rings is 1. The predicted octanol–water partition coefficient (Wildman–Crippen LogP) is 2.42. The van der Waals surface area contributed by atoms with Gasteiger partial charge in [0.1, 0.15) is 0 Å². The molecule has 1 N–H and O–H groups in total. The third-order valence-electron chi connectivity index (χ3n) is 4.42. The standard InChI is InChI=1S/C18H22N4O2/c1-13-10-14(12-19-11-13)20-17(23)18(24)22-9-4-3-6-16(22)15-7-5-8-21(15)2/h5,7-8,10-12,16H,3-4,6,9H2,1-2H3,(H,20,23). The Bertz CT molecular complexity index is 753. The monoisotopic (exact) mass is 326 g/mol. The summed E-state index contributed by atoms with van der Waals surface area (Å²) in [4.78, 5) is 30.8. The van der Waals surface area contributed by atoms with E-state index in [0.29, 0.717) is 12.2 Å². The van der Waals surface area contributed by atoms with Crippen LogP contribution in [-0.2, 0) is 16.6 Å². The largest absolute Gasteiger partial charge is 0.353 e. The van der Waals surface area contributed by atoms with Crippen LogP contribution in [0.15, 0.2) is 36.8 Å². The van der Waals surface area contributed by atoms with Crippen molar-refractivity contribution in [2.75, 3.05) is 11.9 Å². The minimum atomic E-state index is -0.608. The third-order valence-corrected chi connectivity index (χ3v) is 4.42. The van der Waals surface area contributed by atoms with Gasteiger partial charge in [0, 0.05) is 31.7 Å². The third kappa shape index (κ3) is 3.32. The Labute approximate surface area is 141 Å². The van der Waals surface area contributed by atoms with E-state index >= 15 is 0 Å². The Morgan fingerprint density at radius 3 is 2.83 bits per heavy atom. The van der Waals surface area contributed by atoms with Gasteiger partial charge in [-0.3, -0.25) is 14.6 Å². The number of nitrogens with one attached hydrogen (secondary N) is 1. The SMILES string of the molecule is Cc1cncc(NC(=O)C(=O)N2CCCCC2c2cccn2C)c1. The number of rotatable bonds is 2. The fourth-order valence-corrected chi connectivity index (χ4v) is 3.24. The molecule has 0 radical (unpaired) electrons. The maximum Gasteiger partial charge on any atom is 0.313 e. The first kappa shape index (κ1) is 16.2. The molecule has 2 aromatic rings. The van der Waals surface area contributed by atoms with Crippen molar-refractivity contribution in [3.05, 3.63) is 48.0 Å². The van der Waals surface area contributed by atoms with Crippen molar-refractivity contribution < 1.29 is 9.59 Å². The Kier molecular flexibility index (Phi) is 4.64. The minimum absolute atomic E-state index is 0.0485. The van der Waals surface area contributed by atoms with Crippen LogP contribution in [0.2, 0.25) is 0 Å². The summed E-state index contributed by atoms with van der Waals surface area (Å²) >= 11 is 0. The maximum absolute atomic E-state index is 12.7. The first-order chi connectivity index (χ1) is 11.6. The molecule has 6 nitrogen and oxygen atoms in total. The fraction of sp³-hybridized carbons (Fsp3) is 0.389. The van der Waals surface area contributed by atoms with Crippen LogP contribution in [0.4, 0.5) is 5.69 Å². The number of hydrogen-bond donors (Lipinski definition) is 1. The zero-order chi connectivity index (χ0) is 17.1. The van der Waals surface area contributed by atoms with E-state index in [2.05, 4.69) is 10.3 Å². The van der Waals surface area contributed by atoms with Gasteiger partial charge in [-0.05, 0) is 49.9 Å². The molecule has 2 amide bonds. The van der Waals surface area contributed by atoms with Crippen molar-refractivity contribution in [2.45, 2.75) is 32.2 Å². The van der Waals surface area contributed by atoms with Crippen LogP contribution in [0, 0.1) is 6.92 Å². The van der Waals surface area contributed by atoms with Crippen LogP contribution in [0.1, 0.15) is 36.6 Å². The molecule has 3 rings (SSSR count). The number of hydrogen-bond acceptors (Lipinski definition) is 3. The lowest BCUT2D eigenvalue weighted by atomic mass is 9.99. The van der Waals surface area contributed by atoms with Gasteiger partial charge in [-0.25, -0.2) is 0 Å². The van der Waals surface area contributed by atoms with Gasteiger partial charge in [-0.15, -0.1) is 0 Å². The van der Waals surface area contributed by atoms with Crippen LogP contribution in [0.3, 0.4) is 0 Å². The maximum atomic E-state index is 12.7. The number of likely N-dealkylation sites (tertiary alicyclic amines) is 1. The van der Waals surface area contributed by atoms with Gasteiger partial charge in [0.15, 0.2) is 0 Å². The van der Waals surface area contributed by atoms with Gasteiger partial charge in [0.05, 0.1) is 17.9 Å². The summed E-state index contributed by atoms with van der Waals surface area (Å²) in [5, 5.41) is 2.66. The molecule has 1 saturated heterocycles. The van der Waals surface area contributed by atoms with Gasteiger partial charge >= 0.3 is 11.8 Å². The van der Waals surface area contributed by atoms with Crippen molar-refractivity contribution >= 4 is 17.5 Å². The minimum Gasteiger partial charge on any atom is -0.353 e. The van der Waals surface area contributed by atoms with E-state index in [1.165, 1.54) is 0 Å². The van der Waals surface area contributed by atoms with E-state index in [0.717, 1.165) is 30.5 Å². The molecule has 0 bridgehead atoms. The lowest BCUT2D eigenvalue weighted by Crippen LogP contribution is -2.44. The van der Waals surface area contributed by atoms with E-state index < -0.39 is 11.8 Å². The second-order valence-corrected chi connectivity index (χ2v) is 6.26. The summed E-state index contributed by atoms with van der Waals surface area (Å²) in [6, 6.07) is 5.72. The average molecular weight is 326 g/mol. The molecular weight excluding hydrogens is 304 g/mol. The highest BCUT2D eigenvalue weighted by Gasteiger charge is 2.32. The molecule has 0 saturated carbocycles. The van der Waals surface area contributed by atoms with E-state index in [9.17, 15) is 9.59 Å². The predicted molar refractivity (Wildman–Crippen MR) is 91.3 cm³/mol. The number of aromatic nitrogens is 2. The highest BCUT2D eigenvalue weighted by Crippen LogP contribution is 2.31. The Morgan fingerprint density at radius 2 is 2.12 bits per heavy atom. The highest BCUT2D eigenvalue weighted by molar-refractivity contribution is 6.39. The van der Waals surface area contributed by atoms with Gasteiger partial charge in [0.25, 0.3) is 0 Å². The van der Waals surface area contributed by atoms with Crippen molar-refractivity contribution in [2.24, 2.45) is 7.05 Å². The second kappa shape index (κ2) is 6.86. The molecule has 3 heterocycles. The van der Waals surface area contributed by atoms with Crippen LogP contribution in [0.25, 0.3) is 0 Å². The van der Waals surface area contributed by atoms with Crippen molar-refractivity contribution in [3.8, 4) is 0 Å². The molecule has 2 aromatic heterocycles. The molecule has 1 aliphatic heterocycles. The number of carbonyl (C=O) groups is 2. The molecule has 1 atom stereocenters. The lowest BCUT2D eigenvalue weighted by molar-refractivity contribution is -0.146. The van der Waals surface area contributed by atoms with Gasteiger partial charge in [-0.1, -0.05) is 0 Å². The summed E-state index contributed by atoms with van der Waals surface area (Å²) in [6.07, 6.45) is 8.07. The quantitative estimate of drug-likeness (QED) is 0.862. The average Bonchev–Trinajstić information content (AvgIpc) is 3.00. The molecule has 1 aliphatic rings. The van der Waals surface area contributed by atoms with E-state index in [-0.39, 0.29) is 6.04 Å². The molecule has 0 aliphatic carbocycles. The molecule has 0 aromatic carbocycles. The normalized spacial score (nSPS) is 17.6. The molecule has 0 spiro atoms. The topological polar surface area (TPSA) is 67.2 Å². The summed E-state index contributed by atoms with van der Waals surface area (Å²) in [5.41, 5.74) is 2.54. The number of nitrogens with zero attached hydrogens (tertiary/aromatic N) is 3. The number of pyridine rings is 1. The van der Waals surface area contributed by atoms with Crippen LogP contribution in [0.5, 0.6) is 0 Å². The molecule has 126 valence electrons. The second-order valence-electron chi connectivity index (χ2n) is 6.26. The van der Waals surface area contributed by atoms with Gasteiger partial charge in [0.2, 0.25) is 0 Å². The zero-order valence-electron chi connectivity index (χ0n) is 14.0. The van der Waals surface area contributed by atoms with E-state index in [1.807, 2.05) is 36.9 Å². The van der Waals surface area contributed by atoms with Gasteiger partial charge in [-0.2, -0.15) is 0 Å². The summed E-state index contributed by atoms with van der Waals surface area (Å²) in [7, 11) is 1.96. The fourth-order valence-electron chi connectivity index (χ4n) is 3.24. The summed E-state index contributed by atoms with van der Waals surface area (Å²) in [5.74, 6) is -1.09. The molecule has 1 unspecified atom stereocenters. The first-order valence-electron chi connectivity index (χ1n) is 8.21. The smallest absolute Gasteiger partial charge is 0.313 e. The Balaban J connectivity index is 1.76. The number of anilines is 1. The van der Waals surface area contributed by atoms with Crippen molar-refractivity contribution in [3.63, 3.8) is 0 Å². The number of carbonyl (C=O) groups excluding carboxylic acids is 2. The summed E-state index contributed by atoms with van der Waals surface area (Å²) in [6.45, 7) is 2.49. The number of amides is 2. The van der Waals surface area contributed by atoms with E-state index in [1.54, 1.807) is 23.4 Å². The van der Waals surface area contributed by atoms with E-state index in [4.69, 9.17) is 0 Å². The van der Waals surface area contributed by atoms with Crippen LogP contribution < -0.4 is 5.32 Å².